The molecule has 0 fully saturated rings. The molecule has 3 N–H and O–H groups in total. The second-order valence-corrected chi connectivity index (χ2v) is 7.15. The van der Waals surface area contributed by atoms with Gasteiger partial charge in [0.2, 0.25) is 0 Å². The number of nitrogens with zero attached hydrogens (tertiary/aromatic N) is 4. The van der Waals surface area contributed by atoms with Crippen LogP contribution in [0.15, 0.2) is 48.8 Å². The number of H-pyrrole nitrogens is 2. The summed E-state index contributed by atoms with van der Waals surface area (Å²) in [6.45, 7) is 1.86. The number of para-hydroxylation sites is 1. The minimum absolute atomic E-state index is 0.227. The summed E-state index contributed by atoms with van der Waals surface area (Å²) in [6, 6.07) is 11.4. The molecule has 148 valence electrons. The molecule has 0 unspecified atom stereocenters. The molecule has 0 aliphatic heterocycles. The Morgan fingerprint density at radius 1 is 1.21 bits per heavy atom. The lowest BCUT2D eigenvalue weighted by Gasteiger charge is -2.20. The first kappa shape index (κ1) is 18.7. The molecule has 3 heterocycles. The SMILES string of the molecule is Cc1nc([C@H](Cc2c[nH]c3ccccc23)NC(=O)c2ccn[nH]2)cc(N(C)C)n1. The van der Waals surface area contributed by atoms with Crippen molar-refractivity contribution in [2.24, 2.45) is 0 Å². The van der Waals surface area contributed by atoms with Crippen LogP contribution in [0.4, 0.5) is 5.82 Å². The van der Waals surface area contributed by atoms with Crippen LogP contribution in [0.2, 0.25) is 0 Å². The average molecular weight is 389 g/mol. The van der Waals surface area contributed by atoms with E-state index in [0.717, 1.165) is 28.0 Å². The fourth-order valence-corrected chi connectivity index (χ4v) is 3.35. The molecule has 29 heavy (non-hydrogen) atoms. The molecule has 0 saturated carbocycles. The van der Waals surface area contributed by atoms with E-state index in [9.17, 15) is 4.79 Å². The lowest BCUT2D eigenvalue weighted by molar-refractivity contribution is 0.0930. The molecular formula is C21H23N7O. The summed E-state index contributed by atoms with van der Waals surface area (Å²) in [5, 5.41) is 10.8. The van der Waals surface area contributed by atoms with Crippen LogP contribution in [0.3, 0.4) is 0 Å². The van der Waals surface area contributed by atoms with Crippen LogP contribution in [0.5, 0.6) is 0 Å². The zero-order chi connectivity index (χ0) is 20.4. The Balaban J connectivity index is 1.72. The predicted molar refractivity (Wildman–Crippen MR) is 112 cm³/mol. The van der Waals surface area contributed by atoms with Gasteiger partial charge in [-0.1, -0.05) is 18.2 Å². The van der Waals surface area contributed by atoms with E-state index < -0.39 is 0 Å². The lowest BCUT2D eigenvalue weighted by atomic mass is 10.0. The van der Waals surface area contributed by atoms with Gasteiger partial charge in [0.05, 0.1) is 11.7 Å². The number of rotatable bonds is 6. The van der Waals surface area contributed by atoms with Gasteiger partial charge in [0.15, 0.2) is 0 Å². The Bertz CT molecular complexity index is 1130. The monoisotopic (exact) mass is 389 g/mol. The molecule has 4 aromatic rings. The van der Waals surface area contributed by atoms with E-state index in [1.165, 1.54) is 0 Å². The molecule has 3 aromatic heterocycles. The average Bonchev–Trinajstić information content (AvgIpc) is 3.37. The quantitative estimate of drug-likeness (QED) is 0.471. The van der Waals surface area contributed by atoms with Gasteiger partial charge in [0, 0.05) is 49.9 Å². The number of hydrogen-bond acceptors (Lipinski definition) is 5. The highest BCUT2D eigenvalue weighted by molar-refractivity contribution is 5.92. The third-order valence-corrected chi connectivity index (χ3v) is 4.81. The second kappa shape index (κ2) is 7.75. The van der Waals surface area contributed by atoms with Gasteiger partial charge in [-0.2, -0.15) is 5.10 Å². The molecule has 0 spiro atoms. The topological polar surface area (TPSA) is 103 Å². The van der Waals surface area contributed by atoms with Crippen LogP contribution in [-0.2, 0) is 6.42 Å². The molecule has 0 saturated heterocycles. The highest BCUT2D eigenvalue weighted by Gasteiger charge is 2.21. The number of nitrogens with one attached hydrogen (secondary N) is 3. The van der Waals surface area contributed by atoms with E-state index >= 15 is 0 Å². The molecule has 0 aliphatic carbocycles. The third kappa shape index (κ3) is 3.96. The van der Waals surface area contributed by atoms with Gasteiger partial charge in [0.1, 0.15) is 17.3 Å². The summed E-state index contributed by atoms with van der Waals surface area (Å²) in [5.41, 5.74) is 3.35. The Hall–Kier alpha value is -3.68. The minimum Gasteiger partial charge on any atom is -0.363 e. The van der Waals surface area contributed by atoms with Gasteiger partial charge >= 0.3 is 0 Å². The maximum Gasteiger partial charge on any atom is 0.269 e. The van der Waals surface area contributed by atoms with Crippen LogP contribution < -0.4 is 10.2 Å². The Morgan fingerprint density at radius 2 is 2.03 bits per heavy atom. The summed E-state index contributed by atoms with van der Waals surface area (Å²) in [6.07, 6.45) is 4.14. The van der Waals surface area contributed by atoms with Gasteiger partial charge in [0.25, 0.3) is 5.91 Å². The predicted octanol–water partition coefficient (Wildman–Crippen LogP) is 2.77. The number of amides is 1. The molecule has 1 amide bonds. The summed E-state index contributed by atoms with van der Waals surface area (Å²) in [5.74, 6) is 1.23. The summed E-state index contributed by atoms with van der Waals surface area (Å²) < 4.78 is 0. The van der Waals surface area contributed by atoms with Crippen molar-refractivity contribution in [1.82, 2.24) is 30.5 Å². The normalized spacial score (nSPS) is 12.1. The van der Waals surface area contributed by atoms with Crippen molar-refractivity contribution in [1.29, 1.82) is 0 Å². The first-order valence-corrected chi connectivity index (χ1v) is 9.39. The number of carbonyl (C=O) groups excluding carboxylic acids is 1. The minimum atomic E-state index is -0.328. The van der Waals surface area contributed by atoms with Gasteiger partial charge in [-0.15, -0.1) is 0 Å². The highest BCUT2D eigenvalue weighted by Crippen LogP contribution is 2.25. The van der Waals surface area contributed by atoms with E-state index in [4.69, 9.17) is 0 Å². The molecule has 4 rings (SSSR count). The van der Waals surface area contributed by atoms with E-state index in [1.807, 2.05) is 56.4 Å². The number of aryl methyl sites for hydroxylation is 1. The Morgan fingerprint density at radius 3 is 2.79 bits per heavy atom. The van der Waals surface area contributed by atoms with E-state index in [0.29, 0.717) is 17.9 Å². The van der Waals surface area contributed by atoms with Crippen molar-refractivity contribution >= 4 is 22.6 Å². The Kier molecular flexibility index (Phi) is 4.99. The molecule has 8 nitrogen and oxygen atoms in total. The highest BCUT2D eigenvalue weighted by atomic mass is 16.2. The van der Waals surface area contributed by atoms with Crippen LogP contribution in [0.1, 0.15) is 33.6 Å². The number of hydrogen-bond donors (Lipinski definition) is 3. The zero-order valence-electron chi connectivity index (χ0n) is 16.6. The molecule has 0 aliphatic rings. The van der Waals surface area contributed by atoms with Gasteiger partial charge in [-0.3, -0.25) is 9.89 Å². The number of aromatic nitrogens is 5. The van der Waals surface area contributed by atoms with E-state index in [2.05, 4.69) is 36.5 Å². The van der Waals surface area contributed by atoms with Crippen molar-refractivity contribution in [3.8, 4) is 0 Å². The molecule has 0 radical (unpaired) electrons. The number of fused-ring (bicyclic) bond motifs is 1. The van der Waals surface area contributed by atoms with E-state index in [1.54, 1.807) is 12.3 Å². The van der Waals surface area contributed by atoms with Crippen LogP contribution in [0.25, 0.3) is 10.9 Å². The summed E-state index contributed by atoms with van der Waals surface area (Å²) in [7, 11) is 3.87. The van der Waals surface area contributed by atoms with Gasteiger partial charge in [-0.05, 0) is 24.6 Å². The first-order valence-electron chi connectivity index (χ1n) is 9.39. The molecular weight excluding hydrogens is 366 g/mol. The fraction of sp³-hybridized carbons (Fsp3) is 0.238. The number of carbonyl (C=O) groups is 1. The number of anilines is 1. The van der Waals surface area contributed by atoms with Crippen molar-refractivity contribution in [2.75, 3.05) is 19.0 Å². The zero-order valence-corrected chi connectivity index (χ0v) is 16.6. The Labute approximate surface area is 168 Å². The summed E-state index contributed by atoms with van der Waals surface area (Å²) in [4.78, 5) is 27.1. The van der Waals surface area contributed by atoms with Gasteiger partial charge < -0.3 is 15.2 Å². The van der Waals surface area contributed by atoms with Crippen LogP contribution in [0, 0.1) is 6.92 Å². The van der Waals surface area contributed by atoms with E-state index in [-0.39, 0.29) is 11.9 Å². The number of benzene rings is 1. The second-order valence-electron chi connectivity index (χ2n) is 7.15. The maximum atomic E-state index is 12.7. The molecule has 1 aromatic carbocycles. The standard InChI is InChI=1S/C21H23N7O/c1-13-24-19(11-20(25-13)28(2)3)18(26-21(29)17-8-9-23-27-17)10-14-12-22-16-7-5-4-6-15(14)16/h4-9,11-12,18,22H,10H2,1-3H3,(H,23,27)(H,26,29)/t18-/m0/s1. The maximum absolute atomic E-state index is 12.7. The smallest absolute Gasteiger partial charge is 0.269 e. The van der Waals surface area contributed by atoms with Crippen molar-refractivity contribution in [3.05, 3.63) is 71.6 Å². The molecule has 8 heteroatoms. The summed E-state index contributed by atoms with van der Waals surface area (Å²) >= 11 is 0. The van der Waals surface area contributed by atoms with Crippen molar-refractivity contribution < 1.29 is 4.79 Å². The number of aromatic amines is 2. The van der Waals surface area contributed by atoms with Crippen molar-refractivity contribution in [3.63, 3.8) is 0 Å². The third-order valence-electron chi connectivity index (χ3n) is 4.81. The van der Waals surface area contributed by atoms with Crippen LogP contribution >= 0.6 is 0 Å². The van der Waals surface area contributed by atoms with Crippen LogP contribution in [-0.4, -0.2) is 45.2 Å². The molecule has 0 bridgehead atoms. The fourth-order valence-electron chi connectivity index (χ4n) is 3.35. The first-order chi connectivity index (χ1) is 14.0. The van der Waals surface area contributed by atoms with Crippen molar-refractivity contribution in [2.45, 2.75) is 19.4 Å². The molecule has 1 atom stereocenters. The largest absolute Gasteiger partial charge is 0.363 e. The lowest BCUT2D eigenvalue weighted by Crippen LogP contribution is -2.31. The van der Waals surface area contributed by atoms with Gasteiger partial charge in [-0.25, -0.2) is 9.97 Å².